The summed E-state index contributed by atoms with van der Waals surface area (Å²) in [6.07, 6.45) is 0. The molecule has 0 amide bonds. The quantitative estimate of drug-likeness (QED) is 0.306. The van der Waals surface area contributed by atoms with Crippen LogP contribution in [0.3, 0.4) is 0 Å². The first-order valence-electron chi connectivity index (χ1n) is 7.05. The second-order valence-corrected chi connectivity index (χ2v) is 4.35. The predicted octanol–water partition coefficient (Wildman–Crippen LogP) is -0.499. The van der Waals surface area contributed by atoms with Gasteiger partial charge in [-0.25, -0.2) is 0 Å². The number of rotatable bonds is 12. The summed E-state index contributed by atoms with van der Waals surface area (Å²) in [6, 6.07) is 8.87. The van der Waals surface area contributed by atoms with Crippen molar-refractivity contribution < 1.29 is 24.5 Å². The van der Waals surface area contributed by atoms with Crippen LogP contribution < -0.4 is 10.4 Å². The minimum atomic E-state index is -0.892. The van der Waals surface area contributed by atoms with E-state index in [0.717, 1.165) is 0 Å². The number of aliphatic carboxylic acids is 1. The van der Waals surface area contributed by atoms with Gasteiger partial charge in [-0.3, -0.25) is 9.79 Å². The second-order valence-electron chi connectivity index (χ2n) is 4.35. The maximum atomic E-state index is 11.6. The lowest BCUT2D eigenvalue weighted by atomic mass is 10.2. The lowest BCUT2D eigenvalue weighted by Gasteiger charge is -2.10. The number of benzene rings is 1. The first-order valence-corrected chi connectivity index (χ1v) is 7.05. The van der Waals surface area contributed by atoms with Crippen LogP contribution in [0.1, 0.15) is 5.56 Å². The minimum Gasteiger partial charge on any atom is -0.858 e. The third-order valence-corrected chi connectivity index (χ3v) is 2.58. The molecule has 0 bridgehead atoms. The van der Waals surface area contributed by atoms with Gasteiger partial charge in [-0.1, -0.05) is 30.3 Å². The van der Waals surface area contributed by atoms with Gasteiger partial charge in [0.1, 0.15) is 0 Å². The molecule has 0 aliphatic carbocycles. The normalized spacial score (nSPS) is 11.5. The van der Waals surface area contributed by atoms with Gasteiger partial charge in [0, 0.05) is 6.54 Å². The van der Waals surface area contributed by atoms with E-state index in [1.54, 1.807) is 24.3 Å². The first-order chi connectivity index (χ1) is 10.7. The van der Waals surface area contributed by atoms with Crippen molar-refractivity contribution in [2.24, 2.45) is 4.99 Å². The number of carboxylic acids is 1. The van der Waals surface area contributed by atoms with E-state index in [4.69, 9.17) is 14.6 Å². The molecule has 1 aromatic carbocycles. The molecule has 0 aliphatic rings. The molecule has 122 valence electrons. The van der Waals surface area contributed by atoms with E-state index >= 15 is 0 Å². The van der Waals surface area contributed by atoms with Crippen LogP contribution in [0.15, 0.2) is 35.3 Å². The Kier molecular flexibility index (Phi) is 9.60. The lowest BCUT2D eigenvalue weighted by Crippen LogP contribution is -2.26. The zero-order chi connectivity index (χ0) is 16.0. The van der Waals surface area contributed by atoms with Gasteiger partial charge < -0.3 is 25.0 Å². The van der Waals surface area contributed by atoms with Gasteiger partial charge in [0.2, 0.25) is 0 Å². The molecule has 0 saturated carbocycles. The van der Waals surface area contributed by atoms with Crippen LogP contribution in [-0.4, -0.2) is 63.0 Å². The van der Waals surface area contributed by atoms with Crippen molar-refractivity contribution in [2.45, 2.75) is 0 Å². The monoisotopic (exact) mass is 309 g/mol. The summed E-state index contributed by atoms with van der Waals surface area (Å²) in [5.74, 6) is -1.14. The molecular formula is C15H21N2O5-. The van der Waals surface area contributed by atoms with E-state index in [-0.39, 0.29) is 12.4 Å². The van der Waals surface area contributed by atoms with Gasteiger partial charge in [-0.05, 0) is 11.5 Å². The van der Waals surface area contributed by atoms with Crippen LogP contribution in [0, 0.1) is 0 Å². The SMILES string of the molecule is O=C(O)CNCCOCCOCCN=C([O-])c1ccccc1. The highest BCUT2D eigenvalue weighted by molar-refractivity contribution is 5.90. The van der Waals surface area contributed by atoms with Crippen molar-refractivity contribution in [3.8, 4) is 0 Å². The fraction of sp³-hybridized carbons (Fsp3) is 0.467. The minimum absolute atomic E-state index is 0.0726. The third-order valence-electron chi connectivity index (χ3n) is 2.58. The molecule has 2 N–H and O–H groups in total. The van der Waals surface area contributed by atoms with E-state index in [9.17, 15) is 9.90 Å². The molecule has 0 unspecified atom stereocenters. The number of hydrogen-bond acceptors (Lipinski definition) is 6. The van der Waals surface area contributed by atoms with Crippen molar-refractivity contribution in [3.63, 3.8) is 0 Å². The van der Waals surface area contributed by atoms with Crippen molar-refractivity contribution in [1.82, 2.24) is 5.32 Å². The van der Waals surface area contributed by atoms with Crippen LogP contribution in [0.2, 0.25) is 0 Å². The Labute approximate surface area is 129 Å². The van der Waals surface area contributed by atoms with E-state index in [2.05, 4.69) is 10.3 Å². The summed E-state index contributed by atoms with van der Waals surface area (Å²) in [5, 5.41) is 22.7. The van der Waals surface area contributed by atoms with Crippen molar-refractivity contribution in [1.29, 1.82) is 0 Å². The summed E-state index contributed by atoms with van der Waals surface area (Å²) in [4.78, 5) is 14.1. The van der Waals surface area contributed by atoms with Gasteiger partial charge in [0.25, 0.3) is 0 Å². The number of carboxylic acid groups (broad SMARTS) is 1. The number of nitrogens with zero attached hydrogens (tertiary/aromatic N) is 1. The molecule has 0 aromatic heterocycles. The van der Waals surface area contributed by atoms with E-state index in [1.165, 1.54) is 0 Å². The molecule has 22 heavy (non-hydrogen) atoms. The Morgan fingerprint density at radius 3 is 2.50 bits per heavy atom. The molecule has 0 aliphatic heterocycles. The van der Waals surface area contributed by atoms with Crippen LogP contribution in [0.4, 0.5) is 0 Å². The molecule has 0 atom stereocenters. The predicted molar refractivity (Wildman–Crippen MR) is 80.0 cm³/mol. The Morgan fingerprint density at radius 1 is 1.14 bits per heavy atom. The average Bonchev–Trinajstić information content (AvgIpc) is 2.53. The Bertz CT molecular complexity index is 451. The van der Waals surface area contributed by atoms with Gasteiger partial charge in [0.15, 0.2) is 0 Å². The highest BCUT2D eigenvalue weighted by Gasteiger charge is 1.95. The molecule has 1 aromatic rings. The molecular weight excluding hydrogens is 288 g/mol. The largest absolute Gasteiger partial charge is 0.858 e. The van der Waals surface area contributed by atoms with Crippen molar-refractivity contribution in [2.75, 3.05) is 46.1 Å². The van der Waals surface area contributed by atoms with E-state index in [0.29, 0.717) is 45.1 Å². The number of nitrogens with one attached hydrogen (secondary N) is 1. The molecule has 7 nitrogen and oxygen atoms in total. The van der Waals surface area contributed by atoms with Crippen molar-refractivity contribution >= 4 is 11.9 Å². The Hall–Kier alpha value is -1.96. The summed E-state index contributed by atoms with van der Waals surface area (Å²) in [6.45, 7) is 2.33. The number of ether oxygens (including phenoxy) is 2. The topological polar surface area (TPSA) is 103 Å². The standard InChI is InChI=1S/C15H22N2O5/c18-14(19)12-16-6-8-21-10-11-22-9-7-17-15(20)13-4-2-1-3-5-13/h1-5,16H,6-12H2,(H,17,20)(H,18,19)/p-1. The zero-order valence-electron chi connectivity index (χ0n) is 12.4. The fourth-order valence-electron chi connectivity index (χ4n) is 1.55. The summed E-state index contributed by atoms with van der Waals surface area (Å²) in [5.41, 5.74) is 0.569. The highest BCUT2D eigenvalue weighted by Crippen LogP contribution is 1.97. The summed E-state index contributed by atoms with van der Waals surface area (Å²) < 4.78 is 10.5. The van der Waals surface area contributed by atoms with Gasteiger partial charge in [0.05, 0.1) is 39.5 Å². The summed E-state index contributed by atoms with van der Waals surface area (Å²) >= 11 is 0. The maximum absolute atomic E-state index is 11.6. The molecule has 0 saturated heterocycles. The van der Waals surface area contributed by atoms with E-state index in [1.807, 2.05) is 6.07 Å². The average molecular weight is 309 g/mol. The second kappa shape index (κ2) is 11.7. The molecule has 1 rings (SSSR count). The van der Waals surface area contributed by atoms with E-state index < -0.39 is 5.97 Å². The molecule has 0 fully saturated rings. The van der Waals surface area contributed by atoms with Crippen LogP contribution >= 0.6 is 0 Å². The maximum Gasteiger partial charge on any atom is 0.317 e. The highest BCUT2D eigenvalue weighted by atomic mass is 16.5. The Morgan fingerprint density at radius 2 is 1.82 bits per heavy atom. The fourth-order valence-corrected chi connectivity index (χ4v) is 1.55. The van der Waals surface area contributed by atoms with Crippen LogP contribution in [0.25, 0.3) is 0 Å². The molecule has 0 spiro atoms. The van der Waals surface area contributed by atoms with Crippen LogP contribution in [-0.2, 0) is 14.3 Å². The van der Waals surface area contributed by atoms with Gasteiger partial charge in [-0.2, -0.15) is 0 Å². The lowest BCUT2D eigenvalue weighted by molar-refractivity contribution is -0.213. The van der Waals surface area contributed by atoms with Gasteiger partial charge in [-0.15, -0.1) is 0 Å². The smallest absolute Gasteiger partial charge is 0.317 e. The molecule has 7 heteroatoms. The first kappa shape index (κ1) is 18.1. The zero-order valence-corrected chi connectivity index (χ0v) is 12.4. The summed E-state index contributed by atoms with van der Waals surface area (Å²) in [7, 11) is 0. The number of carbonyl (C=O) groups is 1. The van der Waals surface area contributed by atoms with Crippen LogP contribution in [0.5, 0.6) is 0 Å². The molecule has 0 radical (unpaired) electrons. The third kappa shape index (κ3) is 9.06. The van der Waals surface area contributed by atoms with Crippen molar-refractivity contribution in [3.05, 3.63) is 35.9 Å². The Balaban J connectivity index is 1.94. The van der Waals surface area contributed by atoms with Gasteiger partial charge >= 0.3 is 5.97 Å². The number of hydrogen-bond donors (Lipinski definition) is 2. The number of aliphatic imine (C=N–C) groups is 1. The molecule has 0 heterocycles.